The Kier molecular flexibility index (Phi) is 6.86. The highest BCUT2D eigenvalue weighted by molar-refractivity contribution is 5.97. The zero-order chi connectivity index (χ0) is 18.4. The topological polar surface area (TPSA) is 67.2 Å². The Bertz CT molecular complexity index is 599. The van der Waals surface area contributed by atoms with Crippen molar-refractivity contribution in [1.29, 1.82) is 0 Å². The van der Waals surface area contributed by atoms with Crippen molar-refractivity contribution in [3.05, 3.63) is 41.5 Å². The van der Waals surface area contributed by atoms with Gasteiger partial charge in [-0.1, -0.05) is 30.3 Å². The molecule has 1 saturated heterocycles. The largest absolute Gasteiger partial charge is 0.348 e. The molecule has 0 bridgehead atoms. The summed E-state index contributed by atoms with van der Waals surface area (Å²) in [4.78, 5) is 12.8. The van der Waals surface area contributed by atoms with Crippen LogP contribution in [0.2, 0.25) is 0 Å². The van der Waals surface area contributed by atoms with Crippen LogP contribution in [0.5, 0.6) is 0 Å². The van der Waals surface area contributed by atoms with Crippen molar-refractivity contribution in [2.24, 2.45) is 11.7 Å². The molecule has 0 radical (unpaired) electrons. The predicted octanol–water partition coefficient (Wildman–Crippen LogP) is 3.23. The SMILES string of the molecule is C/C(=C\c1ccccc1)C(=O)NC(CC1CCC(N)CC1)[C@@H]1CCCN1. The van der Waals surface area contributed by atoms with Crippen LogP contribution in [-0.2, 0) is 4.79 Å². The van der Waals surface area contributed by atoms with Crippen LogP contribution in [0.4, 0.5) is 0 Å². The number of amides is 1. The monoisotopic (exact) mass is 355 g/mol. The van der Waals surface area contributed by atoms with Gasteiger partial charge in [-0.05, 0) is 76.0 Å². The molecule has 1 aromatic carbocycles. The normalized spacial score (nSPS) is 27.9. The minimum Gasteiger partial charge on any atom is -0.348 e. The molecular weight excluding hydrogens is 322 g/mol. The Hall–Kier alpha value is -1.65. The summed E-state index contributed by atoms with van der Waals surface area (Å²) in [6.45, 7) is 2.96. The number of carbonyl (C=O) groups excluding carboxylic acids is 1. The predicted molar refractivity (Wildman–Crippen MR) is 108 cm³/mol. The number of rotatable bonds is 6. The lowest BCUT2D eigenvalue weighted by Crippen LogP contribution is -2.49. The fraction of sp³-hybridized carbons (Fsp3) is 0.591. The van der Waals surface area contributed by atoms with E-state index in [2.05, 4.69) is 10.6 Å². The first-order chi connectivity index (χ1) is 12.6. The highest BCUT2D eigenvalue weighted by Crippen LogP contribution is 2.29. The Morgan fingerprint density at radius 1 is 1.23 bits per heavy atom. The van der Waals surface area contributed by atoms with Crippen molar-refractivity contribution in [2.75, 3.05) is 6.54 Å². The molecule has 1 aliphatic heterocycles. The molecule has 142 valence electrons. The van der Waals surface area contributed by atoms with Gasteiger partial charge in [-0.25, -0.2) is 0 Å². The van der Waals surface area contributed by atoms with Crippen molar-refractivity contribution >= 4 is 12.0 Å². The molecule has 1 unspecified atom stereocenters. The maximum atomic E-state index is 12.8. The summed E-state index contributed by atoms with van der Waals surface area (Å²) in [5, 5.41) is 6.93. The van der Waals surface area contributed by atoms with Gasteiger partial charge in [0, 0.05) is 23.7 Å². The van der Waals surface area contributed by atoms with E-state index in [1.807, 2.05) is 43.3 Å². The minimum absolute atomic E-state index is 0.0556. The van der Waals surface area contributed by atoms with E-state index in [9.17, 15) is 4.79 Å². The van der Waals surface area contributed by atoms with Crippen molar-refractivity contribution in [1.82, 2.24) is 10.6 Å². The second kappa shape index (κ2) is 9.33. The zero-order valence-corrected chi connectivity index (χ0v) is 15.9. The lowest BCUT2D eigenvalue weighted by atomic mass is 9.81. The van der Waals surface area contributed by atoms with E-state index < -0.39 is 0 Å². The first kappa shape index (κ1) is 19.1. The first-order valence-corrected chi connectivity index (χ1v) is 10.1. The third kappa shape index (κ3) is 5.42. The first-order valence-electron chi connectivity index (χ1n) is 10.1. The molecule has 4 nitrogen and oxygen atoms in total. The number of benzene rings is 1. The Balaban J connectivity index is 1.62. The zero-order valence-electron chi connectivity index (χ0n) is 15.9. The second-order valence-corrected chi connectivity index (χ2v) is 8.04. The maximum Gasteiger partial charge on any atom is 0.247 e. The molecule has 1 saturated carbocycles. The van der Waals surface area contributed by atoms with Crippen molar-refractivity contribution in [3.8, 4) is 0 Å². The number of nitrogens with one attached hydrogen (secondary N) is 2. The number of carbonyl (C=O) groups is 1. The maximum absolute atomic E-state index is 12.8. The van der Waals surface area contributed by atoms with Gasteiger partial charge < -0.3 is 16.4 Å². The molecule has 4 N–H and O–H groups in total. The van der Waals surface area contributed by atoms with E-state index in [1.165, 1.54) is 19.3 Å². The summed E-state index contributed by atoms with van der Waals surface area (Å²) in [6, 6.07) is 11.0. The molecule has 0 spiro atoms. The fourth-order valence-electron chi connectivity index (χ4n) is 4.31. The van der Waals surface area contributed by atoms with Gasteiger partial charge in [-0.2, -0.15) is 0 Å². The second-order valence-electron chi connectivity index (χ2n) is 8.04. The van der Waals surface area contributed by atoms with E-state index in [0.29, 0.717) is 18.0 Å². The summed E-state index contributed by atoms with van der Waals surface area (Å²) < 4.78 is 0. The summed E-state index contributed by atoms with van der Waals surface area (Å²) in [7, 11) is 0. The van der Waals surface area contributed by atoms with E-state index in [1.54, 1.807) is 0 Å². The Labute approximate surface area is 157 Å². The van der Waals surface area contributed by atoms with Gasteiger partial charge in [0.15, 0.2) is 0 Å². The standard InChI is InChI=1S/C22H33N3O/c1-16(14-17-6-3-2-4-7-17)22(26)25-21(20-8-5-13-24-20)15-18-9-11-19(23)12-10-18/h2-4,6-7,14,18-21,24H,5,8-13,15,23H2,1H3,(H,25,26)/b16-14+/t18?,19?,20-,21?/m0/s1. The van der Waals surface area contributed by atoms with Crippen LogP contribution in [0.25, 0.3) is 6.08 Å². The number of nitrogens with two attached hydrogens (primary N) is 1. The van der Waals surface area contributed by atoms with Crippen LogP contribution in [0.1, 0.15) is 57.4 Å². The molecule has 1 aromatic rings. The molecule has 1 heterocycles. The van der Waals surface area contributed by atoms with Crippen LogP contribution in [0.15, 0.2) is 35.9 Å². The molecule has 2 fully saturated rings. The average Bonchev–Trinajstić information content (AvgIpc) is 3.18. The molecule has 1 aliphatic carbocycles. The fourth-order valence-corrected chi connectivity index (χ4v) is 4.31. The van der Waals surface area contributed by atoms with Gasteiger partial charge in [0.25, 0.3) is 0 Å². The number of hydrogen-bond donors (Lipinski definition) is 3. The third-order valence-corrected chi connectivity index (χ3v) is 5.92. The lowest BCUT2D eigenvalue weighted by Gasteiger charge is -2.32. The van der Waals surface area contributed by atoms with Crippen LogP contribution in [0.3, 0.4) is 0 Å². The highest BCUT2D eigenvalue weighted by Gasteiger charge is 2.30. The van der Waals surface area contributed by atoms with Gasteiger partial charge in [0.1, 0.15) is 0 Å². The minimum atomic E-state index is 0.0556. The van der Waals surface area contributed by atoms with Gasteiger partial charge >= 0.3 is 0 Å². The summed E-state index contributed by atoms with van der Waals surface area (Å²) in [5.41, 5.74) is 7.89. The summed E-state index contributed by atoms with van der Waals surface area (Å²) >= 11 is 0. The molecule has 0 aromatic heterocycles. The molecule has 4 heteroatoms. The van der Waals surface area contributed by atoms with Crippen molar-refractivity contribution in [3.63, 3.8) is 0 Å². The van der Waals surface area contributed by atoms with E-state index >= 15 is 0 Å². The third-order valence-electron chi connectivity index (χ3n) is 5.92. The van der Waals surface area contributed by atoms with Crippen molar-refractivity contribution in [2.45, 2.75) is 70.0 Å². The van der Waals surface area contributed by atoms with Crippen LogP contribution in [0, 0.1) is 5.92 Å². The molecule has 2 aliphatic rings. The van der Waals surface area contributed by atoms with E-state index in [-0.39, 0.29) is 11.9 Å². The van der Waals surface area contributed by atoms with E-state index in [0.717, 1.165) is 43.4 Å². The molecule has 2 atom stereocenters. The Morgan fingerprint density at radius 3 is 2.62 bits per heavy atom. The highest BCUT2D eigenvalue weighted by atomic mass is 16.1. The van der Waals surface area contributed by atoms with Gasteiger partial charge in [0.2, 0.25) is 5.91 Å². The molecular formula is C22H33N3O. The summed E-state index contributed by atoms with van der Waals surface area (Å²) in [5.74, 6) is 0.737. The number of hydrogen-bond acceptors (Lipinski definition) is 3. The van der Waals surface area contributed by atoms with Gasteiger partial charge in [-0.3, -0.25) is 4.79 Å². The van der Waals surface area contributed by atoms with Gasteiger partial charge in [0.05, 0.1) is 0 Å². The Morgan fingerprint density at radius 2 is 1.96 bits per heavy atom. The molecule has 3 rings (SSSR count). The van der Waals surface area contributed by atoms with E-state index in [4.69, 9.17) is 5.73 Å². The van der Waals surface area contributed by atoms with Crippen LogP contribution in [-0.4, -0.2) is 30.6 Å². The van der Waals surface area contributed by atoms with Crippen LogP contribution < -0.4 is 16.4 Å². The lowest BCUT2D eigenvalue weighted by molar-refractivity contribution is -0.118. The molecule has 26 heavy (non-hydrogen) atoms. The average molecular weight is 356 g/mol. The van der Waals surface area contributed by atoms with Crippen LogP contribution >= 0.6 is 0 Å². The molecule has 1 amide bonds. The van der Waals surface area contributed by atoms with Gasteiger partial charge in [-0.15, -0.1) is 0 Å². The smallest absolute Gasteiger partial charge is 0.247 e. The quantitative estimate of drug-likeness (QED) is 0.686. The summed E-state index contributed by atoms with van der Waals surface area (Å²) in [6.07, 6.45) is 10.0. The van der Waals surface area contributed by atoms with Crippen molar-refractivity contribution < 1.29 is 4.79 Å².